The SMILES string of the molecule is CC(C)(C)c1cc(C=NC[C@@H]2[C@@H](CN=Cc3cc(C(C)(C)C)cc(C(C)(C)C)c3O)C2(C)C)c(O)c(C(C)(C)C)c1. The number of aromatic hydroxyl groups is 2. The fourth-order valence-electron chi connectivity index (χ4n) is 5.63. The third-order valence-electron chi connectivity index (χ3n) is 8.98. The predicted octanol–water partition coefficient (Wildman–Crippen LogP) is 9.10. The summed E-state index contributed by atoms with van der Waals surface area (Å²) in [6.45, 7) is 32.0. The van der Waals surface area contributed by atoms with Crippen LogP contribution in [0.3, 0.4) is 0 Å². The Morgan fingerprint density at radius 3 is 1.17 bits per heavy atom. The van der Waals surface area contributed by atoms with Gasteiger partial charge in [-0.15, -0.1) is 0 Å². The molecule has 0 heterocycles. The molecule has 226 valence electrons. The number of hydrogen-bond acceptors (Lipinski definition) is 4. The van der Waals surface area contributed by atoms with Gasteiger partial charge in [0.15, 0.2) is 0 Å². The second-order valence-corrected chi connectivity index (χ2v) is 16.9. The van der Waals surface area contributed by atoms with Crippen molar-refractivity contribution in [2.24, 2.45) is 27.2 Å². The van der Waals surface area contributed by atoms with Crippen molar-refractivity contribution in [1.82, 2.24) is 0 Å². The molecule has 4 nitrogen and oxygen atoms in total. The molecule has 2 N–H and O–H groups in total. The van der Waals surface area contributed by atoms with Crippen LogP contribution in [0.25, 0.3) is 0 Å². The zero-order valence-corrected chi connectivity index (χ0v) is 28.3. The molecule has 0 spiro atoms. The van der Waals surface area contributed by atoms with Crippen molar-refractivity contribution in [3.05, 3.63) is 57.6 Å². The highest BCUT2D eigenvalue weighted by Gasteiger charge is 2.56. The monoisotopic (exact) mass is 560 g/mol. The first-order valence-electron chi connectivity index (χ1n) is 15.2. The smallest absolute Gasteiger partial charge is 0.128 e. The van der Waals surface area contributed by atoms with Crippen LogP contribution in [-0.4, -0.2) is 35.7 Å². The van der Waals surface area contributed by atoms with E-state index in [-0.39, 0.29) is 27.1 Å². The van der Waals surface area contributed by atoms with Gasteiger partial charge in [0.1, 0.15) is 11.5 Å². The molecule has 1 saturated carbocycles. The Morgan fingerprint density at radius 2 is 0.902 bits per heavy atom. The lowest BCUT2D eigenvalue weighted by molar-refractivity contribution is 0.443. The summed E-state index contributed by atoms with van der Waals surface area (Å²) in [5.41, 5.74) is 5.68. The first-order chi connectivity index (χ1) is 18.5. The molecule has 3 rings (SSSR count). The Balaban J connectivity index is 1.79. The number of hydrogen-bond donors (Lipinski definition) is 2. The van der Waals surface area contributed by atoms with Gasteiger partial charge in [-0.25, -0.2) is 0 Å². The van der Waals surface area contributed by atoms with E-state index in [1.165, 1.54) is 11.1 Å². The molecule has 0 radical (unpaired) electrons. The van der Waals surface area contributed by atoms with E-state index >= 15 is 0 Å². The zero-order valence-electron chi connectivity index (χ0n) is 28.3. The Hall–Kier alpha value is -2.62. The van der Waals surface area contributed by atoms with E-state index in [2.05, 4.69) is 121 Å². The minimum atomic E-state index is -0.163. The lowest BCUT2D eigenvalue weighted by Gasteiger charge is -2.27. The molecule has 0 aromatic heterocycles. The summed E-state index contributed by atoms with van der Waals surface area (Å²) in [5, 5.41) is 22.2. The molecule has 1 aliphatic rings. The standard InChI is InChI=1S/C37H56N2O2/c1-33(2,3)25-15-23(31(40)27(17-25)35(7,8)9)19-38-21-29-30(37(29,13)14)22-39-20-24-16-26(34(4,5)6)18-28(32(24)41)36(10,11)12/h15-20,29-30,40-41H,21-22H2,1-14H3/t29-,30-/m1/s1. The van der Waals surface area contributed by atoms with E-state index in [1.54, 1.807) is 0 Å². The van der Waals surface area contributed by atoms with Crippen molar-refractivity contribution < 1.29 is 10.2 Å². The van der Waals surface area contributed by atoms with Crippen LogP contribution in [0.5, 0.6) is 11.5 Å². The van der Waals surface area contributed by atoms with E-state index in [0.717, 1.165) is 22.3 Å². The average molecular weight is 561 g/mol. The number of nitrogens with zero attached hydrogens (tertiary/aromatic N) is 2. The number of phenolic OH excluding ortho intramolecular Hbond substituents is 2. The molecule has 0 aliphatic heterocycles. The highest BCUT2D eigenvalue weighted by molar-refractivity contribution is 5.85. The molecule has 1 aliphatic carbocycles. The normalized spacial score (nSPS) is 19.9. The van der Waals surface area contributed by atoms with Gasteiger partial charge in [-0.3, -0.25) is 9.98 Å². The van der Waals surface area contributed by atoms with E-state index in [4.69, 9.17) is 9.98 Å². The van der Waals surface area contributed by atoms with E-state index < -0.39 is 0 Å². The van der Waals surface area contributed by atoms with Gasteiger partial charge in [-0.1, -0.05) is 109 Å². The van der Waals surface area contributed by atoms with Crippen LogP contribution >= 0.6 is 0 Å². The van der Waals surface area contributed by atoms with Crippen molar-refractivity contribution in [3.63, 3.8) is 0 Å². The van der Waals surface area contributed by atoms with Crippen LogP contribution in [-0.2, 0) is 21.7 Å². The van der Waals surface area contributed by atoms with Gasteiger partial charge >= 0.3 is 0 Å². The van der Waals surface area contributed by atoms with Crippen LogP contribution < -0.4 is 0 Å². The lowest BCUT2D eigenvalue weighted by atomic mass is 9.79. The molecule has 1 fully saturated rings. The quantitative estimate of drug-likeness (QED) is 0.346. The molecule has 2 aromatic carbocycles. The maximum absolute atomic E-state index is 11.1. The Morgan fingerprint density at radius 1 is 0.585 bits per heavy atom. The van der Waals surface area contributed by atoms with Crippen LogP contribution in [0, 0.1) is 17.3 Å². The van der Waals surface area contributed by atoms with E-state index in [0.29, 0.717) is 36.4 Å². The Labute approximate surface area is 250 Å². The molecule has 2 aromatic rings. The van der Waals surface area contributed by atoms with E-state index in [9.17, 15) is 10.2 Å². The maximum Gasteiger partial charge on any atom is 0.128 e. The van der Waals surface area contributed by atoms with Gasteiger partial charge in [-0.2, -0.15) is 0 Å². The maximum atomic E-state index is 11.1. The summed E-state index contributed by atoms with van der Waals surface area (Å²) >= 11 is 0. The van der Waals surface area contributed by atoms with Crippen LogP contribution in [0.2, 0.25) is 0 Å². The number of benzene rings is 2. The Bertz CT molecular complexity index is 1220. The van der Waals surface area contributed by atoms with Crippen molar-refractivity contribution in [1.29, 1.82) is 0 Å². The third kappa shape index (κ3) is 7.43. The van der Waals surface area contributed by atoms with Crippen molar-refractivity contribution in [2.45, 2.75) is 119 Å². The highest BCUT2D eigenvalue weighted by atomic mass is 16.3. The minimum absolute atomic E-state index is 0.0215. The summed E-state index contributed by atoms with van der Waals surface area (Å²) < 4.78 is 0. The summed E-state index contributed by atoms with van der Waals surface area (Å²) in [7, 11) is 0. The third-order valence-corrected chi connectivity index (χ3v) is 8.98. The van der Waals surface area contributed by atoms with Gasteiger partial charge in [-0.05, 0) is 62.2 Å². The number of phenols is 2. The molecule has 0 saturated heterocycles. The molecule has 0 bridgehead atoms. The minimum Gasteiger partial charge on any atom is -0.507 e. The molecule has 2 atom stereocenters. The molecular weight excluding hydrogens is 504 g/mol. The fourth-order valence-corrected chi connectivity index (χ4v) is 5.63. The number of rotatable bonds is 6. The zero-order chi connectivity index (χ0) is 31.3. The topological polar surface area (TPSA) is 65.2 Å². The molecular formula is C37H56N2O2. The first-order valence-corrected chi connectivity index (χ1v) is 15.2. The molecule has 4 heteroatoms. The van der Waals surface area contributed by atoms with Crippen molar-refractivity contribution in [2.75, 3.05) is 13.1 Å². The molecule has 41 heavy (non-hydrogen) atoms. The molecule has 0 amide bonds. The van der Waals surface area contributed by atoms with Gasteiger partial charge < -0.3 is 10.2 Å². The first kappa shape index (κ1) is 32.9. The second kappa shape index (κ2) is 10.9. The largest absolute Gasteiger partial charge is 0.507 e. The highest BCUT2D eigenvalue weighted by Crippen LogP contribution is 2.58. The van der Waals surface area contributed by atoms with Gasteiger partial charge in [0, 0.05) is 47.8 Å². The van der Waals surface area contributed by atoms with Gasteiger partial charge in [0.05, 0.1) is 0 Å². The summed E-state index contributed by atoms with van der Waals surface area (Å²) in [4.78, 5) is 9.67. The van der Waals surface area contributed by atoms with Crippen LogP contribution in [0.4, 0.5) is 0 Å². The second-order valence-electron chi connectivity index (χ2n) is 16.9. The van der Waals surface area contributed by atoms with Crippen LogP contribution in [0.15, 0.2) is 34.3 Å². The predicted molar refractivity (Wildman–Crippen MR) is 177 cm³/mol. The van der Waals surface area contributed by atoms with Gasteiger partial charge in [0.2, 0.25) is 0 Å². The Kier molecular flexibility index (Phi) is 8.74. The summed E-state index contributed by atoms with van der Waals surface area (Å²) in [6.07, 6.45) is 3.72. The van der Waals surface area contributed by atoms with Crippen LogP contribution in [0.1, 0.15) is 130 Å². The van der Waals surface area contributed by atoms with E-state index in [1.807, 2.05) is 12.4 Å². The summed E-state index contributed by atoms with van der Waals surface area (Å²) in [5.74, 6) is 1.51. The van der Waals surface area contributed by atoms with Crippen molar-refractivity contribution in [3.8, 4) is 11.5 Å². The number of aliphatic imine (C=N–C) groups is 2. The van der Waals surface area contributed by atoms with Gasteiger partial charge in [0.25, 0.3) is 0 Å². The fraction of sp³-hybridized carbons (Fsp3) is 0.622. The molecule has 0 unspecified atom stereocenters. The lowest BCUT2D eigenvalue weighted by Crippen LogP contribution is -2.17. The van der Waals surface area contributed by atoms with Crippen molar-refractivity contribution >= 4 is 12.4 Å². The summed E-state index contributed by atoms with van der Waals surface area (Å²) in [6, 6.07) is 8.45. The average Bonchev–Trinajstić information content (AvgIpc) is 3.31.